The molecule has 5 nitrogen and oxygen atoms in total. The molecule has 0 saturated carbocycles. The average Bonchev–Trinajstić information content (AvgIpc) is 2.41. The molecule has 1 aromatic rings. The molecule has 1 aromatic heterocycles. The zero-order valence-electron chi connectivity index (χ0n) is 12.1. The number of aromatic nitrogens is 2. The summed E-state index contributed by atoms with van der Waals surface area (Å²) in [5.74, 6) is 1.26. The number of aryl methyl sites for hydroxylation is 1. The zero-order chi connectivity index (χ0) is 13.9. The van der Waals surface area contributed by atoms with Gasteiger partial charge in [0.1, 0.15) is 0 Å². The minimum atomic E-state index is 0.00901. The van der Waals surface area contributed by atoms with Crippen LogP contribution in [0.15, 0.2) is 16.9 Å². The van der Waals surface area contributed by atoms with Crippen molar-refractivity contribution in [3.63, 3.8) is 0 Å². The predicted molar refractivity (Wildman–Crippen MR) is 76.7 cm³/mol. The second kappa shape index (κ2) is 6.06. The number of rotatable bonds is 4. The van der Waals surface area contributed by atoms with E-state index >= 15 is 0 Å². The largest absolute Gasteiger partial charge is 0.381 e. The van der Waals surface area contributed by atoms with Gasteiger partial charge < -0.3 is 9.64 Å². The zero-order valence-corrected chi connectivity index (χ0v) is 12.1. The highest BCUT2D eigenvalue weighted by Gasteiger charge is 2.29. The molecule has 1 unspecified atom stereocenters. The van der Waals surface area contributed by atoms with Gasteiger partial charge in [-0.15, -0.1) is 0 Å². The highest BCUT2D eigenvalue weighted by molar-refractivity contribution is 4.97. The van der Waals surface area contributed by atoms with Crippen LogP contribution >= 0.6 is 0 Å². The van der Waals surface area contributed by atoms with Crippen LogP contribution in [0.1, 0.15) is 18.5 Å². The molecule has 2 fully saturated rings. The monoisotopic (exact) mass is 277 g/mol. The van der Waals surface area contributed by atoms with Crippen LogP contribution in [0.2, 0.25) is 0 Å². The van der Waals surface area contributed by atoms with Crippen LogP contribution in [0.3, 0.4) is 0 Å². The van der Waals surface area contributed by atoms with Gasteiger partial charge in [-0.1, -0.05) is 0 Å². The van der Waals surface area contributed by atoms with Crippen molar-refractivity contribution in [2.75, 3.05) is 32.8 Å². The molecule has 5 heteroatoms. The van der Waals surface area contributed by atoms with Gasteiger partial charge in [-0.25, -0.2) is 4.68 Å². The van der Waals surface area contributed by atoms with E-state index < -0.39 is 0 Å². The summed E-state index contributed by atoms with van der Waals surface area (Å²) in [6.45, 7) is 7.83. The fourth-order valence-corrected chi connectivity index (χ4v) is 3.18. The third-order valence-electron chi connectivity index (χ3n) is 4.23. The molecule has 110 valence electrons. The summed E-state index contributed by atoms with van der Waals surface area (Å²) in [5, 5.41) is 4.30. The van der Waals surface area contributed by atoms with Crippen molar-refractivity contribution in [2.24, 2.45) is 11.8 Å². The summed E-state index contributed by atoms with van der Waals surface area (Å²) in [7, 11) is 0. The van der Waals surface area contributed by atoms with Crippen LogP contribution in [0.4, 0.5) is 0 Å². The molecule has 3 rings (SSSR count). The highest BCUT2D eigenvalue weighted by atomic mass is 16.5. The molecule has 3 heterocycles. The molecule has 0 spiro atoms. The van der Waals surface area contributed by atoms with Crippen molar-refractivity contribution >= 4 is 0 Å². The second-order valence-corrected chi connectivity index (χ2v) is 6.16. The maximum Gasteiger partial charge on any atom is 0.266 e. The Kier molecular flexibility index (Phi) is 4.17. The Hall–Kier alpha value is -1.20. The SMILES string of the molecule is Cc1ccc(=O)n(CC2CN(CC3CCCOC3)C2)n1. The number of ether oxygens (including phenoxy) is 1. The normalized spacial score (nSPS) is 24.6. The Balaban J connectivity index is 1.46. The third-order valence-corrected chi connectivity index (χ3v) is 4.23. The van der Waals surface area contributed by atoms with E-state index in [0.717, 1.165) is 45.1 Å². The van der Waals surface area contributed by atoms with Crippen LogP contribution in [0.25, 0.3) is 0 Å². The standard InChI is InChI=1S/C15H23N3O2/c1-12-4-5-15(19)18(16-12)10-14-8-17(9-14)7-13-3-2-6-20-11-13/h4-5,13-14H,2-3,6-11H2,1H3. The predicted octanol–water partition coefficient (Wildman–Crippen LogP) is 0.910. The quantitative estimate of drug-likeness (QED) is 0.821. The van der Waals surface area contributed by atoms with Gasteiger partial charge in [-0.05, 0) is 31.7 Å². The van der Waals surface area contributed by atoms with Gasteiger partial charge in [0.15, 0.2) is 0 Å². The molecule has 0 radical (unpaired) electrons. The Morgan fingerprint density at radius 3 is 2.90 bits per heavy atom. The molecule has 0 aliphatic carbocycles. The van der Waals surface area contributed by atoms with Crippen molar-refractivity contribution in [1.29, 1.82) is 0 Å². The van der Waals surface area contributed by atoms with E-state index in [1.165, 1.54) is 12.8 Å². The van der Waals surface area contributed by atoms with Crippen molar-refractivity contribution in [3.8, 4) is 0 Å². The topological polar surface area (TPSA) is 47.4 Å². The Labute approximate surface area is 119 Å². The molecule has 1 atom stereocenters. The lowest BCUT2D eigenvalue weighted by Crippen LogP contribution is -2.51. The van der Waals surface area contributed by atoms with Gasteiger partial charge in [0.2, 0.25) is 0 Å². The molecule has 2 saturated heterocycles. The van der Waals surface area contributed by atoms with Crippen LogP contribution in [-0.4, -0.2) is 47.5 Å². The van der Waals surface area contributed by atoms with Gasteiger partial charge in [0.05, 0.1) is 18.8 Å². The van der Waals surface area contributed by atoms with E-state index in [9.17, 15) is 4.79 Å². The highest BCUT2D eigenvalue weighted by Crippen LogP contribution is 2.22. The lowest BCUT2D eigenvalue weighted by atomic mass is 9.95. The lowest BCUT2D eigenvalue weighted by Gasteiger charge is -2.41. The number of hydrogen-bond donors (Lipinski definition) is 0. The Morgan fingerprint density at radius 1 is 1.30 bits per heavy atom. The van der Waals surface area contributed by atoms with E-state index in [-0.39, 0.29) is 5.56 Å². The Morgan fingerprint density at radius 2 is 2.15 bits per heavy atom. The number of hydrogen-bond acceptors (Lipinski definition) is 4. The molecular weight excluding hydrogens is 254 g/mol. The molecule has 20 heavy (non-hydrogen) atoms. The molecule has 2 aliphatic heterocycles. The van der Waals surface area contributed by atoms with Crippen LogP contribution in [-0.2, 0) is 11.3 Å². The van der Waals surface area contributed by atoms with Gasteiger partial charge in [-0.2, -0.15) is 5.10 Å². The molecule has 0 N–H and O–H groups in total. The van der Waals surface area contributed by atoms with E-state index in [2.05, 4.69) is 10.00 Å². The molecule has 0 aromatic carbocycles. The van der Waals surface area contributed by atoms with E-state index in [1.807, 2.05) is 6.92 Å². The maximum atomic E-state index is 11.7. The van der Waals surface area contributed by atoms with E-state index in [4.69, 9.17) is 4.74 Å². The molecule has 0 bridgehead atoms. The van der Waals surface area contributed by atoms with Crippen molar-refractivity contribution in [2.45, 2.75) is 26.3 Å². The maximum absolute atomic E-state index is 11.7. The van der Waals surface area contributed by atoms with Crippen LogP contribution < -0.4 is 5.56 Å². The van der Waals surface area contributed by atoms with Gasteiger partial charge in [0.25, 0.3) is 5.56 Å². The minimum Gasteiger partial charge on any atom is -0.381 e. The Bertz CT molecular complexity index is 502. The van der Waals surface area contributed by atoms with Crippen molar-refractivity contribution in [1.82, 2.24) is 14.7 Å². The van der Waals surface area contributed by atoms with Crippen molar-refractivity contribution < 1.29 is 4.74 Å². The molecular formula is C15H23N3O2. The summed E-state index contributed by atoms with van der Waals surface area (Å²) in [6, 6.07) is 3.38. The summed E-state index contributed by atoms with van der Waals surface area (Å²) >= 11 is 0. The van der Waals surface area contributed by atoms with Crippen LogP contribution in [0.5, 0.6) is 0 Å². The van der Waals surface area contributed by atoms with Crippen LogP contribution in [0, 0.1) is 18.8 Å². The first kappa shape index (κ1) is 13.8. The second-order valence-electron chi connectivity index (χ2n) is 6.16. The molecule has 0 amide bonds. The number of nitrogens with zero attached hydrogens (tertiary/aromatic N) is 3. The molecule has 2 aliphatic rings. The number of likely N-dealkylation sites (tertiary alicyclic amines) is 1. The fourth-order valence-electron chi connectivity index (χ4n) is 3.18. The van der Waals surface area contributed by atoms with E-state index in [1.54, 1.807) is 16.8 Å². The van der Waals surface area contributed by atoms with Gasteiger partial charge in [-0.3, -0.25) is 4.79 Å². The summed E-state index contributed by atoms with van der Waals surface area (Å²) < 4.78 is 7.13. The first-order valence-corrected chi connectivity index (χ1v) is 7.55. The third kappa shape index (κ3) is 3.27. The van der Waals surface area contributed by atoms with E-state index in [0.29, 0.717) is 11.8 Å². The first-order valence-electron chi connectivity index (χ1n) is 7.55. The smallest absolute Gasteiger partial charge is 0.266 e. The van der Waals surface area contributed by atoms with Crippen molar-refractivity contribution in [3.05, 3.63) is 28.2 Å². The van der Waals surface area contributed by atoms with Gasteiger partial charge >= 0.3 is 0 Å². The fraction of sp³-hybridized carbons (Fsp3) is 0.733. The average molecular weight is 277 g/mol. The lowest BCUT2D eigenvalue weighted by molar-refractivity contribution is 0.00790. The summed E-state index contributed by atoms with van der Waals surface area (Å²) in [6.07, 6.45) is 2.49. The first-order chi connectivity index (χ1) is 9.70. The van der Waals surface area contributed by atoms with Gasteiger partial charge in [0, 0.05) is 38.2 Å². The summed E-state index contributed by atoms with van der Waals surface area (Å²) in [4.78, 5) is 14.2. The minimum absolute atomic E-state index is 0.00901. The summed E-state index contributed by atoms with van der Waals surface area (Å²) in [5.41, 5.74) is 0.912.